The molecule has 0 bridgehead atoms. The van der Waals surface area contributed by atoms with Crippen molar-refractivity contribution in [2.45, 2.75) is 45.6 Å². The second kappa shape index (κ2) is 9.15. The van der Waals surface area contributed by atoms with Gasteiger partial charge >= 0.3 is 6.03 Å². The highest BCUT2D eigenvalue weighted by atomic mass is 16.5. The standard InChI is InChI=1S/C18H29N3O3/c1-13(2)21-16(22)10-11-19-17(23)20-12-18(3,4)14-8-6-7-9-15(14)24-5/h6-9,13H,10-12H2,1-5H3,(H,21,22)(H2,19,20,23). The predicted octanol–water partition coefficient (Wildman–Crippen LogP) is 2.19. The molecule has 1 rings (SSSR count). The maximum atomic E-state index is 11.9. The van der Waals surface area contributed by atoms with Crippen molar-refractivity contribution in [1.29, 1.82) is 0 Å². The molecule has 1 aromatic carbocycles. The van der Waals surface area contributed by atoms with E-state index in [2.05, 4.69) is 16.0 Å². The molecule has 0 unspecified atom stereocenters. The van der Waals surface area contributed by atoms with E-state index in [1.165, 1.54) is 0 Å². The van der Waals surface area contributed by atoms with Crippen LogP contribution in [0.2, 0.25) is 0 Å². The lowest BCUT2D eigenvalue weighted by Gasteiger charge is -2.27. The molecule has 24 heavy (non-hydrogen) atoms. The fraction of sp³-hybridized carbons (Fsp3) is 0.556. The second-order valence-corrected chi connectivity index (χ2v) is 6.67. The second-order valence-electron chi connectivity index (χ2n) is 6.67. The summed E-state index contributed by atoms with van der Waals surface area (Å²) in [5.74, 6) is 0.731. The first kappa shape index (κ1) is 19.8. The van der Waals surface area contributed by atoms with Crippen LogP contribution in [-0.4, -0.2) is 38.2 Å². The Balaban J connectivity index is 2.44. The summed E-state index contributed by atoms with van der Waals surface area (Å²) in [7, 11) is 1.64. The molecule has 0 saturated carbocycles. The van der Waals surface area contributed by atoms with Gasteiger partial charge in [0.05, 0.1) is 7.11 Å². The van der Waals surface area contributed by atoms with Gasteiger partial charge in [0.25, 0.3) is 0 Å². The topological polar surface area (TPSA) is 79.5 Å². The highest BCUT2D eigenvalue weighted by Gasteiger charge is 2.24. The summed E-state index contributed by atoms with van der Waals surface area (Å²) >= 11 is 0. The Morgan fingerprint density at radius 1 is 1.17 bits per heavy atom. The molecule has 6 nitrogen and oxygen atoms in total. The number of carbonyl (C=O) groups is 2. The Morgan fingerprint density at radius 3 is 2.46 bits per heavy atom. The minimum atomic E-state index is -0.282. The van der Waals surface area contributed by atoms with Crippen LogP contribution in [0.1, 0.15) is 39.7 Å². The number of urea groups is 1. The van der Waals surface area contributed by atoms with Crippen LogP contribution in [0.25, 0.3) is 0 Å². The zero-order chi connectivity index (χ0) is 18.2. The average Bonchev–Trinajstić information content (AvgIpc) is 2.52. The van der Waals surface area contributed by atoms with Crippen molar-refractivity contribution in [3.63, 3.8) is 0 Å². The largest absolute Gasteiger partial charge is 0.496 e. The Morgan fingerprint density at radius 2 is 1.83 bits per heavy atom. The highest BCUT2D eigenvalue weighted by molar-refractivity contribution is 5.78. The molecule has 0 fully saturated rings. The summed E-state index contributed by atoms with van der Waals surface area (Å²) in [5, 5.41) is 8.33. The van der Waals surface area contributed by atoms with Crippen LogP contribution >= 0.6 is 0 Å². The smallest absolute Gasteiger partial charge is 0.314 e. The van der Waals surface area contributed by atoms with Crippen LogP contribution in [0.4, 0.5) is 4.79 Å². The van der Waals surface area contributed by atoms with E-state index >= 15 is 0 Å². The monoisotopic (exact) mass is 335 g/mol. The SMILES string of the molecule is COc1ccccc1C(C)(C)CNC(=O)NCCC(=O)NC(C)C. The molecule has 3 N–H and O–H groups in total. The molecule has 0 atom stereocenters. The summed E-state index contributed by atoms with van der Waals surface area (Å²) in [6.07, 6.45) is 0.265. The van der Waals surface area contributed by atoms with Crippen LogP contribution in [0.3, 0.4) is 0 Å². The lowest BCUT2D eigenvalue weighted by atomic mass is 9.84. The van der Waals surface area contributed by atoms with Gasteiger partial charge in [-0.2, -0.15) is 0 Å². The van der Waals surface area contributed by atoms with Crippen LogP contribution < -0.4 is 20.7 Å². The molecule has 0 aliphatic heterocycles. The number of nitrogens with one attached hydrogen (secondary N) is 3. The van der Waals surface area contributed by atoms with E-state index in [9.17, 15) is 9.59 Å². The zero-order valence-electron chi connectivity index (χ0n) is 15.2. The Hall–Kier alpha value is -2.24. The van der Waals surface area contributed by atoms with Gasteiger partial charge in [-0.25, -0.2) is 4.79 Å². The van der Waals surface area contributed by atoms with Gasteiger partial charge in [0.1, 0.15) is 5.75 Å². The molecule has 134 valence electrons. The Kier molecular flexibility index (Phi) is 7.55. The fourth-order valence-electron chi connectivity index (χ4n) is 2.35. The first-order valence-electron chi connectivity index (χ1n) is 8.21. The number of ether oxygens (including phenoxy) is 1. The molecule has 1 aromatic rings. The van der Waals surface area contributed by atoms with Gasteiger partial charge in [-0.3, -0.25) is 4.79 Å². The van der Waals surface area contributed by atoms with Gasteiger partial charge in [0.2, 0.25) is 5.91 Å². The van der Waals surface area contributed by atoms with Crippen molar-refractivity contribution >= 4 is 11.9 Å². The van der Waals surface area contributed by atoms with Gasteiger partial charge in [-0.15, -0.1) is 0 Å². The van der Waals surface area contributed by atoms with Crippen LogP contribution in [-0.2, 0) is 10.2 Å². The number of benzene rings is 1. The van der Waals surface area contributed by atoms with Crippen molar-refractivity contribution in [1.82, 2.24) is 16.0 Å². The lowest BCUT2D eigenvalue weighted by Crippen LogP contribution is -2.43. The number of amides is 3. The molecule has 0 aromatic heterocycles. The fourth-order valence-corrected chi connectivity index (χ4v) is 2.35. The molecule has 0 aliphatic rings. The third-order valence-electron chi connectivity index (χ3n) is 3.61. The molecular formula is C18H29N3O3. The first-order chi connectivity index (χ1) is 11.3. The molecule has 0 aliphatic carbocycles. The summed E-state index contributed by atoms with van der Waals surface area (Å²) in [5.41, 5.74) is 0.753. The number of hydrogen-bond acceptors (Lipinski definition) is 3. The number of hydrogen-bond donors (Lipinski definition) is 3. The van der Waals surface area contributed by atoms with Gasteiger partial charge in [-0.05, 0) is 19.9 Å². The van der Waals surface area contributed by atoms with Gasteiger partial charge in [-0.1, -0.05) is 32.0 Å². The van der Waals surface area contributed by atoms with E-state index in [1.807, 2.05) is 52.0 Å². The summed E-state index contributed by atoms with van der Waals surface area (Å²) in [6.45, 7) is 8.65. The van der Waals surface area contributed by atoms with E-state index in [0.717, 1.165) is 11.3 Å². The summed E-state index contributed by atoms with van der Waals surface area (Å²) < 4.78 is 5.39. The van der Waals surface area contributed by atoms with Gasteiger partial charge in [0, 0.05) is 36.5 Å². The minimum absolute atomic E-state index is 0.0698. The molecule has 6 heteroatoms. The quantitative estimate of drug-likeness (QED) is 0.681. The van der Waals surface area contributed by atoms with Gasteiger partial charge < -0.3 is 20.7 Å². The van der Waals surface area contributed by atoms with Crippen molar-refractivity contribution in [3.05, 3.63) is 29.8 Å². The number of rotatable bonds is 8. The molecular weight excluding hydrogens is 306 g/mol. The number of para-hydroxylation sites is 1. The van der Waals surface area contributed by atoms with Crippen molar-refractivity contribution in [3.8, 4) is 5.75 Å². The molecule has 3 amide bonds. The average molecular weight is 335 g/mol. The maximum absolute atomic E-state index is 11.9. The third-order valence-corrected chi connectivity index (χ3v) is 3.61. The minimum Gasteiger partial charge on any atom is -0.496 e. The van der Waals surface area contributed by atoms with Crippen molar-refractivity contribution < 1.29 is 14.3 Å². The molecule has 0 spiro atoms. The molecule has 0 heterocycles. The predicted molar refractivity (Wildman–Crippen MR) is 95.3 cm³/mol. The normalized spacial score (nSPS) is 11.1. The van der Waals surface area contributed by atoms with Gasteiger partial charge in [0.15, 0.2) is 0 Å². The van der Waals surface area contributed by atoms with Crippen molar-refractivity contribution in [2.24, 2.45) is 0 Å². The number of methoxy groups -OCH3 is 1. The first-order valence-corrected chi connectivity index (χ1v) is 8.21. The third kappa shape index (κ3) is 6.48. The maximum Gasteiger partial charge on any atom is 0.314 e. The van der Waals surface area contributed by atoms with E-state index in [-0.39, 0.29) is 29.8 Å². The lowest BCUT2D eigenvalue weighted by molar-refractivity contribution is -0.121. The van der Waals surface area contributed by atoms with Crippen LogP contribution in [0, 0.1) is 0 Å². The number of carbonyl (C=O) groups excluding carboxylic acids is 2. The highest BCUT2D eigenvalue weighted by Crippen LogP contribution is 2.30. The Labute approximate surface area is 144 Å². The van der Waals surface area contributed by atoms with Crippen LogP contribution in [0.5, 0.6) is 5.75 Å². The van der Waals surface area contributed by atoms with E-state index < -0.39 is 0 Å². The summed E-state index contributed by atoms with van der Waals surface area (Å²) in [4.78, 5) is 23.4. The molecule has 0 saturated heterocycles. The van der Waals surface area contributed by atoms with E-state index in [1.54, 1.807) is 7.11 Å². The van der Waals surface area contributed by atoms with E-state index in [0.29, 0.717) is 13.1 Å². The Bertz CT molecular complexity index is 556. The summed E-state index contributed by atoms with van der Waals surface area (Å²) in [6, 6.07) is 7.59. The van der Waals surface area contributed by atoms with Crippen molar-refractivity contribution in [2.75, 3.05) is 20.2 Å². The van der Waals surface area contributed by atoms with Crippen LogP contribution in [0.15, 0.2) is 24.3 Å². The molecule has 0 radical (unpaired) electrons. The van der Waals surface area contributed by atoms with E-state index in [4.69, 9.17) is 4.74 Å². The zero-order valence-corrected chi connectivity index (χ0v) is 15.2.